The maximum Gasteiger partial charge on any atom is 0.123 e. The van der Waals surface area contributed by atoms with Crippen molar-refractivity contribution in [3.63, 3.8) is 0 Å². The maximum absolute atomic E-state index is 5.33. The van der Waals surface area contributed by atoms with Gasteiger partial charge in [-0.1, -0.05) is 11.6 Å². The van der Waals surface area contributed by atoms with Gasteiger partial charge in [0.05, 0.1) is 6.42 Å². The molecule has 32 valence electrons. The van der Waals surface area contributed by atoms with Crippen molar-refractivity contribution in [2.75, 3.05) is 5.75 Å². The molecule has 0 saturated carbocycles. The molecule has 3 heteroatoms. The van der Waals surface area contributed by atoms with Gasteiger partial charge in [-0.2, -0.15) is 0 Å². The zero-order chi connectivity index (χ0) is 4.41. The highest BCUT2D eigenvalue weighted by atomic mass is 35.5. The quantitative estimate of drug-likeness (QED) is 0.439. The SMILES string of the molecule is ClC1=NSC[C]1. The van der Waals surface area contributed by atoms with Gasteiger partial charge in [-0.15, -0.1) is 0 Å². The summed E-state index contributed by atoms with van der Waals surface area (Å²) >= 11 is 6.76. The molecule has 0 unspecified atom stereocenters. The first-order chi connectivity index (χ1) is 2.89. The summed E-state index contributed by atoms with van der Waals surface area (Å²) in [6.45, 7) is 0. The zero-order valence-electron chi connectivity index (χ0n) is 2.94. The highest BCUT2D eigenvalue weighted by molar-refractivity contribution is 7.98. The first-order valence-electron chi connectivity index (χ1n) is 1.49. The number of rotatable bonds is 0. The lowest BCUT2D eigenvalue weighted by Crippen LogP contribution is -1.78. The van der Waals surface area contributed by atoms with Gasteiger partial charge in [-0.3, -0.25) is 0 Å². The van der Waals surface area contributed by atoms with E-state index >= 15 is 0 Å². The van der Waals surface area contributed by atoms with Gasteiger partial charge in [0, 0.05) is 5.75 Å². The van der Waals surface area contributed by atoms with Crippen LogP contribution in [0.5, 0.6) is 0 Å². The molecular weight excluding hydrogens is 118 g/mol. The Morgan fingerprint density at radius 1 is 2.00 bits per heavy atom. The molecule has 2 radical (unpaired) electrons. The molecule has 6 heavy (non-hydrogen) atoms. The Morgan fingerprint density at radius 2 is 2.83 bits per heavy atom. The Hall–Kier alpha value is 0.310. The number of hydrogen-bond acceptors (Lipinski definition) is 2. The highest BCUT2D eigenvalue weighted by Gasteiger charge is 2.02. The third-order valence-electron chi connectivity index (χ3n) is 0.427. The molecule has 0 atom stereocenters. The molecule has 1 heterocycles. The topological polar surface area (TPSA) is 12.4 Å². The first-order valence-corrected chi connectivity index (χ1v) is 2.81. The summed E-state index contributed by atoms with van der Waals surface area (Å²) in [6.07, 6.45) is 2.80. The van der Waals surface area contributed by atoms with E-state index in [-0.39, 0.29) is 0 Å². The van der Waals surface area contributed by atoms with E-state index in [1.54, 1.807) is 0 Å². The van der Waals surface area contributed by atoms with Crippen molar-refractivity contribution in [3.8, 4) is 0 Å². The Morgan fingerprint density at radius 3 is 3.00 bits per heavy atom. The molecule has 1 aliphatic rings. The van der Waals surface area contributed by atoms with Crippen LogP contribution < -0.4 is 0 Å². The summed E-state index contributed by atoms with van der Waals surface area (Å²) in [7, 11) is 0. The van der Waals surface area contributed by atoms with Crippen LogP contribution in [0.3, 0.4) is 0 Å². The van der Waals surface area contributed by atoms with Gasteiger partial charge in [0.25, 0.3) is 0 Å². The van der Waals surface area contributed by atoms with Crippen LogP contribution >= 0.6 is 23.5 Å². The zero-order valence-corrected chi connectivity index (χ0v) is 4.51. The van der Waals surface area contributed by atoms with E-state index in [4.69, 9.17) is 11.6 Å². The van der Waals surface area contributed by atoms with Crippen LogP contribution in [0.2, 0.25) is 0 Å². The molecule has 1 aliphatic heterocycles. The molecule has 0 aromatic carbocycles. The summed E-state index contributed by atoms with van der Waals surface area (Å²) in [4.78, 5) is 0. The van der Waals surface area contributed by atoms with Crippen LogP contribution in [-0.4, -0.2) is 10.9 Å². The predicted molar refractivity (Wildman–Crippen MR) is 29.0 cm³/mol. The molecular formula is C3H2ClNS. The normalized spacial score (nSPS) is 21.2. The third-order valence-corrected chi connectivity index (χ3v) is 1.33. The van der Waals surface area contributed by atoms with E-state index in [2.05, 4.69) is 10.8 Å². The molecule has 0 aliphatic carbocycles. The number of halogens is 1. The predicted octanol–water partition coefficient (Wildman–Crippen LogP) is 1.37. The van der Waals surface area contributed by atoms with E-state index < -0.39 is 0 Å². The van der Waals surface area contributed by atoms with Gasteiger partial charge < -0.3 is 0 Å². The van der Waals surface area contributed by atoms with Crippen molar-refractivity contribution in [3.05, 3.63) is 6.42 Å². The Balaban J connectivity index is 2.45. The molecule has 0 amide bonds. The molecule has 0 N–H and O–H groups in total. The standard InChI is InChI=1S/C3H2ClNS/c4-3-1-2-6-5-3/h2H2. The molecule has 0 fully saturated rings. The fourth-order valence-corrected chi connectivity index (χ4v) is 0.949. The lowest BCUT2D eigenvalue weighted by Gasteiger charge is -1.69. The van der Waals surface area contributed by atoms with Gasteiger partial charge in [0.15, 0.2) is 0 Å². The second-order valence-corrected chi connectivity index (χ2v) is 1.92. The minimum Gasteiger partial charge on any atom is -0.208 e. The fraction of sp³-hybridized carbons (Fsp3) is 0.333. The summed E-state index contributed by atoms with van der Waals surface area (Å²) < 4.78 is 3.72. The first kappa shape index (κ1) is 4.47. The minimum atomic E-state index is 0.514. The monoisotopic (exact) mass is 119 g/mol. The summed E-state index contributed by atoms with van der Waals surface area (Å²) in [5.41, 5.74) is 0. The fourth-order valence-electron chi connectivity index (χ4n) is 0.213. The molecule has 1 rings (SSSR count). The average Bonchev–Trinajstić information content (AvgIpc) is 1.86. The molecule has 0 bridgehead atoms. The van der Waals surface area contributed by atoms with Gasteiger partial charge in [0.1, 0.15) is 5.17 Å². The van der Waals surface area contributed by atoms with E-state index in [0.29, 0.717) is 5.17 Å². The Kier molecular flexibility index (Phi) is 1.37. The molecule has 0 spiro atoms. The molecule has 1 nitrogen and oxygen atoms in total. The van der Waals surface area contributed by atoms with Gasteiger partial charge >= 0.3 is 0 Å². The van der Waals surface area contributed by atoms with Crippen LogP contribution in [0.1, 0.15) is 0 Å². The van der Waals surface area contributed by atoms with Crippen LogP contribution in [-0.2, 0) is 0 Å². The van der Waals surface area contributed by atoms with E-state index in [1.807, 2.05) is 0 Å². The van der Waals surface area contributed by atoms with Crippen molar-refractivity contribution < 1.29 is 0 Å². The van der Waals surface area contributed by atoms with Crippen molar-refractivity contribution in [2.45, 2.75) is 0 Å². The average molecular weight is 120 g/mol. The van der Waals surface area contributed by atoms with Gasteiger partial charge in [0.2, 0.25) is 0 Å². The van der Waals surface area contributed by atoms with E-state index in [0.717, 1.165) is 5.75 Å². The van der Waals surface area contributed by atoms with Crippen LogP contribution in [0.25, 0.3) is 0 Å². The van der Waals surface area contributed by atoms with Crippen LogP contribution in [0.15, 0.2) is 4.40 Å². The number of hydrogen-bond donors (Lipinski definition) is 0. The maximum atomic E-state index is 5.33. The van der Waals surface area contributed by atoms with E-state index in [9.17, 15) is 0 Å². The molecule has 0 aromatic rings. The largest absolute Gasteiger partial charge is 0.208 e. The molecule has 0 aromatic heterocycles. The number of nitrogens with zero attached hydrogens (tertiary/aromatic N) is 1. The summed E-state index contributed by atoms with van der Waals surface area (Å²) in [5, 5.41) is 0.514. The van der Waals surface area contributed by atoms with Crippen LogP contribution in [0.4, 0.5) is 0 Å². The van der Waals surface area contributed by atoms with Gasteiger partial charge in [-0.25, -0.2) is 4.40 Å². The van der Waals surface area contributed by atoms with Crippen molar-refractivity contribution in [1.82, 2.24) is 0 Å². The van der Waals surface area contributed by atoms with Gasteiger partial charge in [-0.05, 0) is 11.9 Å². The second-order valence-electron chi connectivity index (χ2n) is 0.832. The Bertz CT molecular complexity index is 80.9. The van der Waals surface area contributed by atoms with Crippen molar-refractivity contribution in [1.29, 1.82) is 0 Å². The molecule has 0 saturated heterocycles. The lowest BCUT2D eigenvalue weighted by molar-refractivity contribution is 1.73. The summed E-state index contributed by atoms with van der Waals surface area (Å²) in [6, 6.07) is 0. The Labute approximate surface area is 45.9 Å². The lowest BCUT2D eigenvalue weighted by atomic mass is 10.5. The third kappa shape index (κ3) is 0.884. The van der Waals surface area contributed by atoms with Crippen molar-refractivity contribution in [2.24, 2.45) is 4.40 Å². The second kappa shape index (κ2) is 1.85. The smallest absolute Gasteiger partial charge is 0.123 e. The minimum absolute atomic E-state index is 0.514. The van der Waals surface area contributed by atoms with Crippen molar-refractivity contribution >= 4 is 28.7 Å². The summed E-state index contributed by atoms with van der Waals surface area (Å²) in [5.74, 6) is 0.818. The highest BCUT2D eigenvalue weighted by Crippen LogP contribution is 2.15. The van der Waals surface area contributed by atoms with E-state index in [1.165, 1.54) is 11.9 Å². The van der Waals surface area contributed by atoms with Crippen LogP contribution in [0, 0.1) is 6.42 Å².